The molecule has 1 atom stereocenters. The molecule has 7 nitrogen and oxygen atoms in total. The lowest BCUT2D eigenvalue weighted by Crippen LogP contribution is -2.47. The molecule has 22 heavy (non-hydrogen) atoms. The maximum Gasteiger partial charge on any atom is 0.241 e. The van der Waals surface area contributed by atoms with E-state index in [0.717, 1.165) is 24.1 Å². The number of nitrogens with zero attached hydrogens (tertiary/aromatic N) is 3. The molecule has 0 bridgehead atoms. The number of aryl methyl sites for hydroxylation is 1. The monoisotopic (exact) mass is 328 g/mol. The standard InChI is InChI=1S/C14H24N4O3S/c1-10-13(9-15-16-10)12-5-7-18(8-6-12)22(20,21)11(2)14(19)17(3)4/h9,11-12H,5-8H2,1-4H3,(H,15,16). The van der Waals surface area contributed by atoms with Crippen molar-refractivity contribution in [1.29, 1.82) is 0 Å². The van der Waals surface area contributed by atoms with Crippen molar-refractivity contribution in [1.82, 2.24) is 19.4 Å². The van der Waals surface area contributed by atoms with Gasteiger partial charge in [-0.2, -0.15) is 5.10 Å². The highest BCUT2D eigenvalue weighted by atomic mass is 32.2. The minimum Gasteiger partial charge on any atom is -0.348 e. The summed E-state index contributed by atoms with van der Waals surface area (Å²) in [6.07, 6.45) is 3.33. The van der Waals surface area contributed by atoms with Gasteiger partial charge in [0.05, 0.1) is 6.20 Å². The fraction of sp³-hybridized carbons (Fsp3) is 0.714. The minimum absolute atomic E-state index is 0.324. The molecule has 124 valence electrons. The normalized spacial score (nSPS) is 19.1. The number of piperidine rings is 1. The number of amides is 1. The Kier molecular flexibility index (Phi) is 4.91. The summed E-state index contributed by atoms with van der Waals surface area (Å²) in [7, 11) is -0.447. The third-order valence-corrected chi connectivity index (χ3v) is 6.54. The molecule has 1 unspecified atom stereocenters. The Morgan fingerprint density at radius 3 is 2.45 bits per heavy atom. The molecule has 0 aliphatic carbocycles. The van der Waals surface area contributed by atoms with Crippen molar-refractivity contribution >= 4 is 15.9 Å². The first-order chi connectivity index (χ1) is 10.2. The van der Waals surface area contributed by atoms with E-state index in [2.05, 4.69) is 10.2 Å². The zero-order valence-corrected chi connectivity index (χ0v) is 14.4. The number of carbonyl (C=O) groups is 1. The highest BCUT2D eigenvalue weighted by Gasteiger charge is 2.37. The second-order valence-electron chi connectivity index (χ2n) is 6.04. The topological polar surface area (TPSA) is 86.4 Å². The molecule has 0 aromatic carbocycles. The van der Waals surface area contributed by atoms with Crippen LogP contribution in [0.5, 0.6) is 0 Å². The van der Waals surface area contributed by atoms with E-state index in [1.54, 1.807) is 14.1 Å². The highest BCUT2D eigenvalue weighted by molar-refractivity contribution is 7.90. The fourth-order valence-corrected chi connectivity index (χ4v) is 4.54. The molecule has 0 radical (unpaired) electrons. The molecule has 1 amide bonds. The molecule has 1 N–H and O–H groups in total. The Bertz CT molecular complexity index is 630. The zero-order valence-electron chi connectivity index (χ0n) is 13.5. The Morgan fingerprint density at radius 1 is 1.41 bits per heavy atom. The third-order valence-electron chi connectivity index (χ3n) is 4.36. The number of carbonyl (C=O) groups excluding carboxylic acids is 1. The van der Waals surface area contributed by atoms with Crippen molar-refractivity contribution in [2.24, 2.45) is 0 Å². The lowest BCUT2D eigenvalue weighted by molar-refractivity contribution is -0.128. The summed E-state index contributed by atoms with van der Waals surface area (Å²) in [4.78, 5) is 13.3. The first-order valence-corrected chi connectivity index (χ1v) is 8.95. The van der Waals surface area contributed by atoms with Gasteiger partial charge in [-0.05, 0) is 38.2 Å². The predicted molar refractivity (Wildman–Crippen MR) is 83.9 cm³/mol. The first-order valence-electron chi connectivity index (χ1n) is 7.45. The van der Waals surface area contributed by atoms with Crippen LogP contribution in [0.15, 0.2) is 6.20 Å². The number of sulfonamides is 1. The minimum atomic E-state index is -3.59. The number of aromatic nitrogens is 2. The first kappa shape index (κ1) is 17.0. The fourth-order valence-electron chi connectivity index (χ4n) is 2.91. The summed E-state index contributed by atoms with van der Waals surface area (Å²) in [5.74, 6) is -0.0575. The van der Waals surface area contributed by atoms with Gasteiger partial charge in [-0.3, -0.25) is 9.89 Å². The van der Waals surface area contributed by atoms with Crippen LogP contribution >= 0.6 is 0 Å². The smallest absolute Gasteiger partial charge is 0.241 e. The molecule has 1 fully saturated rings. The number of rotatable bonds is 4. The number of hydrogen-bond acceptors (Lipinski definition) is 4. The second kappa shape index (κ2) is 6.37. The largest absolute Gasteiger partial charge is 0.348 e. The van der Waals surface area contributed by atoms with Gasteiger partial charge in [0.15, 0.2) is 5.25 Å². The van der Waals surface area contributed by atoms with E-state index in [4.69, 9.17) is 0 Å². The summed E-state index contributed by atoms with van der Waals surface area (Å²) in [5, 5.41) is 5.92. The molecule has 2 rings (SSSR count). The van der Waals surface area contributed by atoms with Gasteiger partial charge in [0, 0.05) is 32.9 Å². The van der Waals surface area contributed by atoms with E-state index in [9.17, 15) is 13.2 Å². The SMILES string of the molecule is Cc1[nH]ncc1C1CCN(S(=O)(=O)C(C)C(=O)N(C)C)CC1. The van der Waals surface area contributed by atoms with Gasteiger partial charge in [-0.15, -0.1) is 0 Å². The average Bonchev–Trinajstić information content (AvgIpc) is 2.91. The molecule has 1 aliphatic rings. The van der Waals surface area contributed by atoms with E-state index >= 15 is 0 Å². The van der Waals surface area contributed by atoms with Crippen LogP contribution in [0.4, 0.5) is 0 Å². The maximum atomic E-state index is 12.6. The average molecular weight is 328 g/mol. The van der Waals surface area contributed by atoms with Crippen molar-refractivity contribution in [2.45, 2.75) is 37.9 Å². The second-order valence-corrected chi connectivity index (χ2v) is 8.30. The van der Waals surface area contributed by atoms with E-state index in [1.807, 2.05) is 13.1 Å². The molecule has 1 aromatic rings. The maximum absolute atomic E-state index is 12.6. The Morgan fingerprint density at radius 2 is 2.00 bits per heavy atom. The third kappa shape index (κ3) is 3.17. The molecule has 0 spiro atoms. The lowest BCUT2D eigenvalue weighted by atomic mass is 9.91. The summed E-state index contributed by atoms with van der Waals surface area (Å²) in [6, 6.07) is 0. The van der Waals surface area contributed by atoms with Crippen LogP contribution in [-0.4, -0.2) is 66.2 Å². The lowest BCUT2D eigenvalue weighted by Gasteiger charge is -2.33. The van der Waals surface area contributed by atoms with E-state index in [1.165, 1.54) is 16.1 Å². The number of hydrogen-bond donors (Lipinski definition) is 1. The van der Waals surface area contributed by atoms with Gasteiger partial charge in [0.25, 0.3) is 0 Å². The molecule has 1 saturated heterocycles. The van der Waals surface area contributed by atoms with Crippen molar-refractivity contribution in [3.63, 3.8) is 0 Å². The van der Waals surface area contributed by atoms with Crippen molar-refractivity contribution in [3.8, 4) is 0 Å². The van der Waals surface area contributed by atoms with Crippen molar-refractivity contribution < 1.29 is 13.2 Å². The quantitative estimate of drug-likeness (QED) is 0.881. The van der Waals surface area contributed by atoms with Crippen LogP contribution < -0.4 is 0 Å². The zero-order chi connectivity index (χ0) is 16.5. The van der Waals surface area contributed by atoms with Crippen LogP contribution in [0.1, 0.15) is 36.9 Å². The van der Waals surface area contributed by atoms with Gasteiger partial charge < -0.3 is 4.90 Å². The van der Waals surface area contributed by atoms with Crippen LogP contribution in [0.25, 0.3) is 0 Å². The number of nitrogens with one attached hydrogen (secondary N) is 1. The van der Waals surface area contributed by atoms with Crippen LogP contribution in [-0.2, 0) is 14.8 Å². The Balaban J connectivity index is 2.04. The van der Waals surface area contributed by atoms with Crippen LogP contribution in [0, 0.1) is 6.92 Å². The van der Waals surface area contributed by atoms with Gasteiger partial charge >= 0.3 is 0 Å². The summed E-state index contributed by atoms with van der Waals surface area (Å²) < 4.78 is 26.6. The molecule has 0 saturated carbocycles. The predicted octanol–water partition coefficient (Wildman–Crippen LogP) is 0.704. The van der Waals surface area contributed by atoms with Crippen LogP contribution in [0.2, 0.25) is 0 Å². The summed E-state index contributed by atoms with van der Waals surface area (Å²) in [6.45, 7) is 4.33. The number of aromatic amines is 1. The molecule has 2 heterocycles. The van der Waals surface area contributed by atoms with E-state index in [-0.39, 0.29) is 5.91 Å². The highest BCUT2D eigenvalue weighted by Crippen LogP contribution is 2.31. The molecule has 1 aliphatic heterocycles. The molecular formula is C14H24N4O3S. The van der Waals surface area contributed by atoms with Gasteiger partial charge in [0.1, 0.15) is 0 Å². The van der Waals surface area contributed by atoms with Crippen molar-refractivity contribution in [3.05, 3.63) is 17.5 Å². The van der Waals surface area contributed by atoms with Gasteiger partial charge in [0.2, 0.25) is 15.9 Å². The van der Waals surface area contributed by atoms with E-state index in [0.29, 0.717) is 19.0 Å². The molecule has 1 aromatic heterocycles. The molecule has 8 heteroatoms. The van der Waals surface area contributed by atoms with Gasteiger partial charge in [-0.1, -0.05) is 0 Å². The summed E-state index contributed by atoms with van der Waals surface area (Å²) in [5.41, 5.74) is 2.20. The Labute approximate surface area is 131 Å². The van der Waals surface area contributed by atoms with Crippen molar-refractivity contribution in [2.75, 3.05) is 27.2 Å². The Hall–Kier alpha value is -1.41. The van der Waals surface area contributed by atoms with Crippen LogP contribution in [0.3, 0.4) is 0 Å². The van der Waals surface area contributed by atoms with E-state index < -0.39 is 15.3 Å². The number of H-pyrrole nitrogens is 1. The molecular weight excluding hydrogens is 304 g/mol. The van der Waals surface area contributed by atoms with Gasteiger partial charge in [-0.25, -0.2) is 12.7 Å². The summed E-state index contributed by atoms with van der Waals surface area (Å²) >= 11 is 0.